The third-order valence-electron chi connectivity index (χ3n) is 3.96. The fourth-order valence-electron chi connectivity index (χ4n) is 2.71. The zero-order valence-corrected chi connectivity index (χ0v) is 16.2. The second kappa shape index (κ2) is 9.87. The molecule has 2 aromatic rings. The molecule has 2 amide bonds. The molecule has 0 radical (unpaired) electrons. The number of carbonyl (C=O) groups is 3. The average molecular weight is 388 g/mol. The monoisotopic (exact) mass is 388 g/mol. The van der Waals surface area contributed by atoms with Crippen molar-refractivity contribution < 1.29 is 19.5 Å². The Bertz CT molecular complexity index is 760. The zero-order chi connectivity index (χ0) is 19.8. The van der Waals surface area contributed by atoms with Crippen molar-refractivity contribution in [3.8, 4) is 0 Å². The number of carboxylic acid groups (broad SMARTS) is 1. The highest BCUT2D eigenvalue weighted by Crippen LogP contribution is 2.25. The smallest absolute Gasteiger partial charge is 0.304 e. The first-order valence-electron chi connectivity index (χ1n) is 8.78. The van der Waals surface area contributed by atoms with E-state index < -0.39 is 23.8 Å². The molecule has 27 heavy (non-hydrogen) atoms. The molecule has 7 heteroatoms. The molecule has 2 unspecified atom stereocenters. The molecule has 0 aliphatic carbocycles. The van der Waals surface area contributed by atoms with Gasteiger partial charge in [-0.3, -0.25) is 14.4 Å². The van der Waals surface area contributed by atoms with Crippen LogP contribution in [-0.4, -0.2) is 28.9 Å². The number of hydrogen-bond donors (Lipinski definition) is 3. The van der Waals surface area contributed by atoms with Gasteiger partial charge < -0.3 is 15.7 Å². The van der Waals surface area contributed by atoms with Gasteiger partial charge in [-0.25, -0.2) is 0 Å². The van der Waals surface area contributed by atoms with Gasteiger partial charge in [0.25, 0.3) is 0 Å². The van der Waals surface area contributed by atoms with E-state index in [4.69, 9.17) is 5.11 Å². The summed E-state index contributed by atoms with van der Waals surface area (Å²) in [6.07, 6.45) is 0.135. The Balaban J connectivity index is 2.14. The first-order valence-corrected chi connectivity index (χ1v) is 9.66. The summed E-state index contributed by atoms with van der Waals surface area (Å²) in [6, 6.07) is 11.8. The third-order valence-corrected chi connectivity index (χ3v) is 4.95. The molecule has 6 nitrogen and oxygen atoms in total. The molecule has 2 rings (SSSR count). The van der Waals surface area contributed by atoms with E-state index in [-0.39, 0.29) is 18.2 Å². The highest BCUT2D eigenvalue weighted by Gasteiger charge is 2.29. The Morgan fingerprint density at radius 2 is 1.74 bits per heavy atom. The highest BCUT2D eigenvalue weighted by atomic mass is 32.1. The van der Waals surface area contributed by atoms with Gasteiger partial charge in [-0.2, -0.15) is 0 Å². The summed E-state index contributed by atoms with van der Waals surface area (Å²) in [5, 5.41) is 16.5. The second-order valence-electron chi connectivity index (χ2n) is 6.71. The number of amides is 2. The molecule has 1 aromatic heterocycles. The van der Waals surface area contributed by atoms with Crippen molar-refractivity contribution in [2.45, 2.75) is 38.6 Å². The quantitative estimate of drug-likeness (QED) is 0.613. The van der Waals surface area contributed by atoms with Crippen LogP contribution < -0.4 is 10.6 Å². The predicted molar refractivity (Wildman–Crippen MR) is 106 cm³/mol. The maximum atomic E-state index is 12.8. The Morgan fingerprint density at radius 1 is 1.04 bits per heavy atom. The number of anilines is 1. The minimum absolute atomic E-state index is 0.177. The summed E-state index contributed by atoms with van der Waals surface area (Å²) < 4.78 is 0. The molecule has 0 bridgehead atoms. The van der Waals surface area contributed by atoms with E-state index in [2.05, 4.69) is 10.6 Å². The highest BCUT2D eigenvalue weighted by molar-refractivity contribution is 7.10. The number of nitrogens with one attached hydrogen (secondary N) is 2. The van der Waals surface area contributed by atoms with Gasteiger partial charge in [0, 0.05) is 10.6 Å². The molecule has 1 heterocycles. The van der Waals surface area contributed by atoms with Crippen LogP contribution in [0.15, 0.2) is 47.8 Å². The lowest BCUT2D eigenvalue weighted by molar-refractivity contribution is -0.139. The van der Waals surface area contributed by atoms with Gasteiger partial charge in [-0.1, -0.05) is 38.1 Å². The maximum absolute atomic E-state index is 12.8. The van der Waals surface area contributed by atoms with Crippen LogP contribution >= 0.6 is 11.3 Å². The molecule has 2 atom stereocenters. The zero-order valence-electron chi connectivity index (χ0n) is 15.3. The number of rotatable bonds is 9. The molecular weight excluding hydrogens is 364 g/mol. The van der Waals surface area contributed by atoms with Gasteiger partial charge >= 0.3 is 5.97 Å². The lowest BCUT2D eigenvalue weighted by Gasteiger charge is -2.22. The Hall–Kier alpha value is -2.67. The minimum atomic E-state index is -1.06. The number of benzene rings is 1. The van der Waals surface area contributed by atoms with Crippen LogP contribution in [-0.2, 0) is 14.4 Å². The van der Waals surface area contributed by atoms with Gasteiger partial charge in [-0.05, 0) is 35.9 Å². The summed E-state index contributed by atoms with van der Waals surface area (Å²) in [4.78, 5) is 37.3. The standard InChI is InChI=1S/C20H24N2O4S/c1-13(2)11-16(20(26)21-14-7-4-3-5-8-14)22-19(25)15(12-18(23)24)17-9-6-10-27-17/h3-10,13,15-16H,11-12H2,1-2H3,(H,21,26)(H,22,25)(H,23,24). The van der Waals surface area contributed by atoms with Gasteiger partial charge in [0.15, 0.2) is 0 Å². The van der Waals surface area contributed by atoms with Crippen molar-refractivity contribution in [3.63, 3.8) is 0 Å². The van der Waals surface area contributed by atoms with Crippen LogP contribution in [0.2, 0.25) is 0 Å². The molecule has 0 saturated carbocycles. The molecule has 0 aliphatic rings. The largest absolute Gasteiger partial charge is 0.481 e. The number of thiophene rings is 1. The van der Waals surface area contributed by atoms with Crippen molar-refractivity contribution in [1.82, 2.24) is 5.32 Å². The van der Waals surface area contributed by atoms with Crippen LogP contribution in [0, 0.1) is 5.92 Å². The van der Waals surface area contributed by atoms with Gasteiger partial charge in [0.05, 0.1) is 12.3 Å². The van der Waals surface area contributed by atoms with Crippen LogP contribution in [0.3, 0.4) is 0 Å². The molecule has 0 saturated heterocycles. The summed E-state index contributed by atoms with van der Waals surface area (Å²) in [7, 11) is 0. The maximum Gasteiger partial charge on any atom is 0.304 e. The van der Waals surface area contributed by atoms with Crippen molar-refractivity contribution in [2.75, 3.05) is 5.32 Å². The average Bonchev–Trinajstić information content (AvgIpc) is 3.13. The van der Waals surface area contributed by atoms with Crippen molar-refractivity contribution in [3.05, 3.63) is 52.7 Å². The summed E-state index contributed by atoms with van der Waals surface area (Å²) in [6.45, 7) is 3.92. The molecule has 3 N–H and O–H groups in total. The fourth-order valence-corrected chi connectivity index (χ4v) is 3.54. The molecule has 144 valence electrons. The van der Waals surface area contributed by atoms with Crippen LogP contribution in [0.25, 0.3) is 0 Å². The topological polar surface area (TPSA) is 95.5 Å². The van der Waals surface area contributed by atoms with Crippen molar-refractivity contribution in [2.24, 2.45) is 5.92 Å². The molecule has 0 spiro atoms. The van der Waals surface area contributed by atoms with Crippen LogP contribution in [0.5, 0.6) is 0 Å². The number of carboxylic acids is 1. The van der Waals surface area contributed by atoms with Crippen LogP contribution in [0.1, 0.15) is 37.5 Å². The van der Waals surface area contributed by atoms with E-state index >= 15 is 0 Å². The summed E-state index contributed by atoms with van der Waals surface area (Å²) >= 11 is 1.33. The summed E-state index contributed by atoms with van der Waals surface area (Å²) in [5.74, 6) is -2.46. The van der Waals surface area contributed by atoms with E-state index in [0.717, 1.165) is 0 Å². The van der Waals surface area contributed by atoms with Gasteiger partial charge in [-0.15, -0.1) is 11.3 Å². The first-order chi connectivity index (χ1) is 12.9. The Labute approximate surface area is 162 Å². The van der Waals surface area contributed by atoms with E-state index in [1.807, 2.05) is 32.0 Å². The lowest BCUT2D eigenvalue weighted by Crippen LogP contribution is -2.46. The van der Waals surface area contributed by atoms with E-state index in [0.29, 0.717) is 17.0 Å². The number of para-hydroxylation sites is 1. The predicted octanol–water partition coefficient (Wildman–Crippen LogP) is 3.48. The third kappa shape index (κ3) is 6.53. The van der Waals surface area contributed by atoms with E-state index in [9.17, 15) is 14.4 Å². The van der Waals surface area contributed by atoms with Crippen molar-refractivity contribution >= 4 is 34.8 Å². The van der Waals surface area contributed by atoms with Crippen LogP contribution in [0.4, 0.5) is 5.69 Å². The Morgan fingerprint density at radius 3 is 2.30 bits per heavy atom. The summed E-state index contributed by atoms with van der Waals surface area (Å²) in [5.41, 5.74) is 0.644. The fraction of sp³-hybridized carbons (Fsp3) is 0.350. The van der Waals surface area contributed by atoms with E-state index in [1.54, 1.807) is 29.6 Å². The van der Waals surface area contributed by atoms with Gasteiger partial charge in [0.1, 0.15) is 6.04 Å². The Kier molecular flexibility index (Phi) is 7.55. The first kappa shape index (κ1) is 20.6. The van der Waals surface area contributed by atoms with Crippen molar-refractivity contribution in [1.29, 1.82) is 0 Å². The second-order valence-corrected chi connectivity index (χ2v) is 7.69. The molecule has 1 aromatic carbocycles. The molecule has 0 fully saturated rings. The number of aliphatic carboxylic acids is 1. The number of hydrogen-bond acceptors (Lipinski definition) is 4. The normalized spacial score (nSPS) is 13.0. The van der Waals surface area contributed by atoms with Gasteiger partial charge in [0.2, 0.25) is 11.8 Å². The molecular formula is C20H24N2O4S. The molecule has 0 aliphatic heterocycles. The number of carbonyl (C=O) groups excluding carboxylic acids is 2. The van der Waals surface area contributed by atoms with E-state index in [1.165, 1.54) is 11.3 Å². The lowest BCUT2D eigenvalue weighted by atomic mass is 9.99. The SMILES string of the molecule is CC(C)CC(NC(=O)C(CC(=O)O)c1cccs1)C(=O)Nc1ccccc1. The minimum Gasteiger partial charge on any atom is -0.481 e.